The van der Waals surface area contributed by atoms with Crippen LogP contribution < -0.4 is 10.9 Å². The van der Waals surface area contributed by atoms with Crippen molar-refractivity contribution >= 4 is 17.7 Å². The van der Waals surface area contributed by atoms with Gasteiger partial charge in [-0.25, -0.2) is 9.37 Å². The fourth-order valence-electron chi connectivity index (χ4n) is 4.09. The largest absolute Gasteiger partial charge is 0.501 e. The minimum absolute atomic E-state index is 0.00470. The minimum atomic E-state index is -0.858. The summed E-state index contributed by atoms with van der Waals surface area (Å²) in [6.45, 7) is 1.89. The van der Waals surface area contributed by atoms with Crippen LogP contribution in [-0.2, 0) is 27.4 Å². The number of rotatable bonds is 6. The van der Waals surface area contributed by atoms with E-state index < -0.39 is 52.7 Å². The number of nitrogens with one attached hydrogen (secondary N) is 1. The number of carbonyl (C=O) groups excluding carboxylic acids is 3. The summed E-state index contributed by atoms with van der Waals surface area (Å²) in [6, 6.07) is 4.65. The quantitative estimate of drug-likeness (QED) is 0.557. The van der Waals surface area contributed by atoms with Crippen LogP contribution in [0.3, 0.4) is 0 Å². The molecule has 3 rings (SSSR count). The highest BCUT2D eigenvalue weighted by Crippen LogP contribution is 2.30. The smallest absolute Gasteiger partial charge is 0.312 e. The molecule has 1 aromatic heterocycles. The zero-order chi connectivity index (χ0) is 26.6. The van der Waals surface area contributed by atoms with Crippen molar-refractivity contribution < 1.29 is 28.6 Å². The number of ether oxygens (including phenoxy) is 1. The Morgan fingerprint density at radius 2 is 1.86 bits per heavy atom. The molecule has 0 spiro atoms. The number of halogens is 1. The fourth-order valence-corrected chi connectivity index (χ4v) is 4.09. The van der Waals surface area contributed by atoms with E-state index in [4.69, 9.17) is 4.74 Å². The molecule has 0 bridgehead atoms. The number of nitrogens with zero attached hydrogens (tertiary/aromatic N) is 4. The van der Waals surface area contributed by atoms with Crippen molar-refractivity contribution in [1.82, 2.24) is 24.7 Å². The summed E-state index contributed by atoms with van der Waals surface area (Å²) in [6.07, 6.45) is 0.341. The molecule has 36 heavy (non-hydrogen) atoms. The average molecular weight is 504 g/mol. The molecule has 194 valence electrons. The maximum Gasteiger partial charge on any atom is 0.312 e. The van der Waals surface area contributed by atoms with Gasteiger partial charge in [0.1, 0.15) is 11.6 Å². The number of hydrogen-bond acceptors (Lipinski definition) is 7. The Labute approximate surface area is 207 Å². The first-order valence-corrected chi connectivity index (χ1v) is 11.5. The molecule has 2 heterocycles. The van der Waals surface area contributed by atoms with Gasteiger partial charge in [-0.3, -0.25) is 23.7 Å². The van der Waals surface area contributed by atoms with Crippen molar-refractivity contribution in [1.29, 1.82) is 0 Å². The second-order valence-electron chi connectivity index (χ2n) is 8.63. The van der Waals surface area contributed by atoms with E-state index in [0.717, 1.165) is 4.90 Å². The summed E-state index contributed by atoms with van der Waals surface area (Å²) in [5.41, 5.74) is -0.763. The number of likely N-dealkylation sites (N-methyl/N-ethyl adjacent to an activating group) is 2. The van der Waals surface area contributed by atoms with Gasteiger partial charge in [0.2, 0.25) is 5.75 Å². The van der Waals surface area contributed by atoms with Crippen LogP contribution in [0.1, 0.15) is 47.7 Å². The normalized spacial score (nSPS) is 17.0. The van der Waals surface area contributed by atoms with Crippen LogP contribution in [0.15, 0.2) is 29.1 Å². The summed E-state index contributed by atoms with van der Waals surface area (Å²) in [5, 5.41) is 13.1. The highest BCUT2D eigenvalue weighted by atomic mass is 19.1. The summed E-state index contributed by atoms with van der Waals surface area (Å²) in [5.74, 6) is -3.53. The Morgan fingerprint density at radius 3 is 2.44 bits per heavy atom. The number of amides is 3. The topological polar surface area (TPSA) is 134 Å². The summed E-state index contributed by atoms with van der Waals surface area (Å²) in [4.78, 5) is 58.3. The minimum Gasteiger partial charge on any atom is -0.501 e. The molecule has 0 unspecified atom stereocenters. The first-order chi connectivity index (χ1) is 17.1. The average Bonchev–Trinajstić information content (AvgIpc) is 3.05. The summed E-state index contributed by atoms with van der Waals surface area (Å²) < 4.78 is 19.8. The van der Waals surface area contributed by atoms with Crippen LogP contribution in [-0.4, -0.2) is 76.0 Å². The Kier molecular flexibility index (Phi) is 8.41. The standard InChI is InChI=1S/C24H30FN5O6/c1-5-29(24(35)23(34)28(2)3)17-11-10-16(36-4)13-30-20(17)27-18(19(31)22(30)33)21(32)26-12-14-6-8-15(25)9-7-14/h6-9,16-17,31H,5,10-13H2,1-4H3,(H,26,32)/t16-,17-/m0/s1. The van der Waals surface area contributed by atoms with Gasteiger partial charge in [-0.15, -0.1) is 0 Å². The Hall–Kier alpha value is -3.80. The SMILES string of the molecule is CCN(C(=O)C(=O)N(C)C)[C@H]1CC[C@H](OC)Cn2c1nc(C(=O)NCc1ccc(F)cc1)c(O)c2=O. The molecule has 0 fully saturated rings. The zero-order valence-corrected chi connectivity index (χ0v) is 20.7. The van der Waals surface area contributed by atoms with Crippen molar-refractivity contribution in [3.8, 4) is 5.75 Å². The Morgan fingerprint density at radius 1 is 1.19 bits per heavy atom. The number of aromatic nitrogens is 2. The van der Waals surface area contributed by atoms with Gasteiger partial charge in [-0.2, -0.15) is 0 Å². The van der Waals surface area contributed by atoms with Crippen LogP contribution in [0.25, 0.3) is 0 Å². The molecule has 2 atom stereocenters. The monoisotopic (exact) mass is 503 g/mol. The molecule has 1 aromatic carbocycles. The molecule has 12 heteroatoms. The van der Waals surface area contributed by atoms with Gasteiger partial charge in [-0.1, -0.05) is 12.1 Å². The molecule has 1 aliphatic rings. The van der Waals surface area contributed by atoms with Gasteiger partial charge in [-0.05, 0) is 37.5 Å². The van der Waals surface area contributed by atoms with Crippen molar-refractivity contribution in [2.75, 3.05) is 27.7 Å². The molecule has 3 amide bonds. The van der Waals surface area contributed by atoms with Crippen LogP contribution in [0.5, 0.6) is 5.75 Å². The van der Waals surface area contributed by atoms with Crippen LogP contribution in [0.4, 0.5) is 4.39 Å². The van der Waals surface area contributed by atoms with E-state index in [0.29, 0.717) is 18.4 Å². The van der Waals surface area contributed by atoms with Gasteiger partial charge in [0.15, 0.2) is 5.69 Å². The van der Waals surface area contributed by atoms with E-state index in [2.05, 4.69) is 10.3 Å². The predicted octanol–water partition coefficient (Wildman–Crippen LogP) is 0.805. The molecule has 0 saturated heterocycles. The number of carbonyl (C=O) groups is 3. The Bertz CT molecular complexity index is 1200. The molecule has 11 nitrogen and oxygen atoms in total. The zero-order valence-electron chi connectivity index (χ0n) is 20.7. The highest BCUT2D eigenvalue weighted by Gasteiger charge is 2.36. The van der Waals surface area contributed by atoms with Crippen molar-refractivity contribution in [3.63, 3.8) is 0 Å². The number of methoxy groups -OCH3 is 1. The third kappa shape index (κ3) is 5.54. The second kappa shape index (κ2) is 11.3. The van der Waals surface area contributed by atoms with Crippen molar-refractivity contribution in [2.45, 2.75) is 45.0 Å². The number of benzene rings is 1. The van der Waals surface area contributed by atoms with Gasteiger partial charge in [0.25, 0.3) is 11.5 Å². The predicted molar refractivity (Wildman–Crippen MR) is 127 cm³/mol. The van der Waals surface area contributed by atoms with Crippen molar-refractivity contribution in [3.05, 3.63) is 57.5 Å². The summed E-state index contributed by atoms with van der Waals surface area (Å²) in [7, 11) is 4.40. The molecule has 2 aromatic rings. The van der Waals surface area contributed by atoms with Crippen LogP contribution in [0, 0.1) is 5.82 Å². The lowest BCUT2D eigenvalue weighted by Crippen LogP contribution is -2.45. The van der Waals surface area contributed by atoms with E-state index in [1.807, 2.05) is 0 Å². The molecule has 1 aliphatic heterocycles. The third-order valence-corrected chi connectivity index (χ3v) is 6.10. The maximum absolute atomic E-state index is 13.2. The van der Waals surface area contributed by atoms with Crippen molar-refractivity contribution in [2.24, 2.45) is 0 Å². The third-order valence-electron chi connectivity index (χ3n) is 6.10. The highest BCUT2D eigenvalue weighted by molar-refractivity contribution is 6.34. The van der Waals surface area contributed by atoms with Gasteiger partial charge >= 0.3 is 11.8 Å². The second-order valence-corrected chi connectivity index (χ2v) is 8.63. The van der Waals surface area contributed by atoms with E-state index in [1.54, 1.807) is 6.92 Å². The first kappa shape index (κ1) is 26.8. The van der Waals surface area contributed by atoms with Gasteiger partial charge < -0.3 is 25.0 Å². The van der Waals surface area contributed by atoms with E-state index >= 15 is 0 Å². The van der Waals surface area contributed by atoms with E-state index in [1.165, 1.54) is 54.9 Å². The lowest BCUT2D eigenvalue weighted by molar-refractivity contribution is -0.152. The molecular formula is C24H30FN5O6. The lowest BCUT2D eigenvalue weighted by Gasteiger charge is -2.31. The number of aromatic hydroxyl groups is 1. The molecule has 2 N–H and O–H groups in total. The molecule has 0 radical (unpaired) electrons. The van der Waals surface area contributed by atoms with Gasteiger partial charge in [0, 0.05) is 34.3 Å². The molecule has 0 aliphatic carbocycles. The maximum atomic E-state index is 13.2. The Balaban J connectivity index is 2.03. The van der Waals surface area contributed by atoms with E-state index in [-0.39, 0.29) is 25.5 Å². The van der Waals surface area contributed by atoms with Gasteiger partial charge in [0.05, 0.1) is 18.7 Å². The number of hydrogen-bond donors (Lipinski definition) is 2. The number of fused-ring (bicyclic) bond motifs is 1. The molecular weight excluding hydrogens is 473 g/mol. The van der Waals surface area contributed by atoms with Crippen LogP contribution in [0.2, 0.25) is 0 Å². The lowest BCUT2D eigenvalue weighted by atomic mass is 10.1. The van der Waals surface area contributed by atoms with E-state index in [9.17, 15) is 28.7 Å². The van der Waals surface area contributed by atoms with Crippen LogP contribution >= 0.6 is 0 Å². The first-order valence-electron chi connectivity index (χ1n) is 11.5. The summed E-state index contributed by atoms with van der Waals surface area (Å²) >= 11 is 0. The fraction of sp³-hybridized carbons (Fsp3) is 0.458. The molecule has 0 saturated carbocycles.